The van der Waals surface area contributed by atoms with E-state index in [1.807, 2.05) is 43.3 Å². The summed E-state index contributed by atoms with van der Waals surface area (Å²) in [5.74, 6) is 1.13. The molecule has 0 saturated carbocycles. The highest BCUT2D eigenvalue weighted by Gasteiger charge is 2.17. The molecule has 24 heavy (non-hydrogen) atoms. The topological polar surface area (TPSA) is 52.9 Å². The quantitative estimate of drug-likeness (QED) is 0.886. The van der Waals surface area contributed by atoms with Gasteiger partial charge in [-0.15, -0.1) is 0 Å². The Labute approximate surface area is 143 Å². The Kier molecular flexibility index (Phi) is 5.38. The third-order valence-electron chi connectivity index (χ3n) is 4.49. The minimum atomic E-state index is -0.514. The lowest BCUT2D eigenvalue weighted by Gasteiger charge is -2.23. The Hall–Kier alpha value is -2.04. The Morgan fingerprint density at radius 1 is 1.08 bits per heavy atom. The second kappa shape index (κ2) is 7.69. The molecule has 3 rings (SSSR count). The van der Waals surface area contributed by atoms with Crippen LogP contribution in [0.3, 0.4) is 0 Å². The number of nitrogens with zero attached hydrogens (tertiary/aromatic N) is 1. The van der Waals surface area contributed by atoms with E-state index in [0.717, 1.165) is 37.2 Å². The van der Waals surface area contributed by atoms with E-state index in [1.165, 1.54) is 11.1 Å². The number of aromatic hydroxyl groups is 1. The van der Waals surface area contributed by atoms with Crippen LogP contribution in [0.4, 0.5) is 0 Å². The Bertz CT molecular complexity index is 686. The minimum Gasteiger partial charge on any atom is -0.508 e. The molecule has 1 unspecified atom stereocenters. The molecule has 4 nitrogen and oxygen atoms in total. The maximum absolute atomic E-state index is 10.3. The van der Waals surface area contributed by atoms with Crippen LogP contribution >= 0.6 is 0 Å². The number of aliphatic hydroxyl groups excluding tert-OH is 1. The first-order chi connectivity index (χ1) is 11.6. The Balaban J connectivity index is 1.49. The van der Waals surface area contributed by atoms with Crippen LogP contribution in [-0.2, 0) is 12.8 Å². The molecule has 1 heterocycles. The standard InChI is InChI=1S/C20H25NO3/c1-15-3-2-4-20(11-15)24-14-19(23)13-21-9-7-16-5-6-18(22)12-17(16)8-10-21/h2-6,11-12,19,22-23H,7-10,13-14H2,1H3. The van der Waals surface area contributed by atoms with Crippen molar-refractivity contribution in [3.63, 3.8) is 0 Å². The van der Waals surface area contributed by atoms with Crippen LogP contribution in [-0.4, -0.2) is 47.5 Å². The van der Waals surface area contributed by atoms with Crippen LogP contribution in [0.5, 0.6) is 11.5 Å². The lowest BCUT2D eigenvalue weighted by molar-refractivity contribution is 0.0696. The Morgan fingerprint density at radius 2 is 1.88 bits per heavy atom. The zero-order valence-electron chi connectivity index (χ0n) is 14.1. The molecule has 128 valence electrons. The number of phenols is 1. The zero-order valence-corrected chi connectivity index (χ0v) is 14.1. The van der Waals surface area contributed by atoms with E-state index in [4.69, 9.17) is 4.74 Å². The molecule has 2 N–H and O–H groups in total. The summed E-state index contributed by atoms with van der Waals surface area (Å²) in [5.41, 5.74) is 3.65. The lowest BCUT2D eigenvalue weighted by atomic mass is 10.0. The van der Waals surface area contributed by atoms with Gasteiger partial charge < -0.3 is 14.9 Å². The summed E-state index contributed by atoms with van der Waals surface area (Å²) >= 11 is 0. The molecule has 0 saturated heterocycles. The third-order valence-corrected chi connectivity index (χ3v) is 4.49. The van der Waals surface area contributed by atoms with Gasteiger partial charge in [0.15, 0.2) is 0 Å². The highest BCUT2D eigenvalue weighted by molar-refractivity contribution is 5.36. The number of β-amino-alcohol motifs (C(OH)–C–C–N with tert-alkyl or cyclic N) is 1. The molecule has 2 aromatic carbocycles. The normalized spacial score (nSPS) is 16.2. The SMILES string of the molecule is Cc1cccc(OCC(O)CN2CCc3ccc(O)cc3CC2)c1. The van der Waals surface area contributed by atoms with E-state index in [9.17, 15) is 10.2 Å². The molecule has 0 aliphatic carbocycles. The van der Waals surface area contributed by atoms with Crippen LogP contribution in [0.2, 0.25) is 0 Å². The van der Waals surface area contributed by atoms with Crippen molar-refractivity contribution < 1.29 is 14.9 Å². The summed E-state index contributed by atoms with van der Waals surface area (Å²) in [4.78, 5) is 2.27. The van der Waals surface area contributed by atoms with Crippen molar-refractivity contribution in [3.8, 4) is 11.5 Å². The highest BCUT2D eigenvalue weighted by Crippen LogP contribution is 2.21. The largest absolute Gasteiger partial charge is 0.508 e. The van der Waals surface area contributed by atoms with Crippen LogP contribution in [0.25, 0.3) is 0 Å². The number of rotatable bonds is 5. The molecular weight excluding hydrogens is 302 g/mol. The van der Waals surface area contributed by atoms with Gasteiger partial charge in [-0.3, -0.25) is 4.90 Å². The zero-order chi connectivity index (χ0) is 16.9. The van der Waals surface area contributed by atoms with Gasteiger partial charge in [-0.2, -0.15) is 0 Å². The van der Waals surface area contributed by atoms with Crippen molar-refractivity contribution in [2.45, 2.75) is 25.9 Å². The van der Waals surface area contributed by atoms with Gasteiger partial charge in [0.2, 0.25) is 0 Å². The van der Waals surface area contributed by atoms with Gasteiger partial charge in [-0.25, -0.2) is 0 Å². The monoisotopic (exact) mass is 327 g/mol. The number of hydrogen-bond donors (Lipinski definition) is 2. The number of benzene rings is 2. The van der Waals surface area contributed by atoms with Gasteiger partial charge in [0.25, 0.3) is 0 Å². The maximum Gasteiger partial charge on any atom is 0.119 e. The van der Waals surface area contributed by atoms with Crippen molar-refractivity contribution in [2.75, 3.05) is 26.2 Å². The number of hydrogen-bond acceptors (Lipinski definition) is 4. The van der Waals surface area contributed by atoms with Gasteiger partial charge in [-0.05, 0) is 60.7 Å². The van der Waals surface area contributed by atoms with Gasteiger partial charge in [0.05, 0.1) is 0 Å². The molecule has 1 aliphatic heterocycles. The molecule has 0 fully saturated rings. The van der Waals surface area contributed by atoms with Gasteiger partial charge in [-0.1, -0.05) is 18.2 Å². The first-order valence-corrected chi connectivity index (χ1v) is 8.51. The van der Waals surface area contributed by atoms with Crippen molar-refractivity contribution in [1.29, 1.82) is 0 Å². The Morgan fingerprint density at radius 3 is 2.67 bits per heavy atom. The second-order valence-corrected chi connectivity index (χ2v) is 6.53. The molecule has 1 aliphatic rings. The minimum absolute atomic E-state index is 0.299. The fourth-order valence-corrected chi connectivity index (χ4v) is 3.19. The van der Waals surface area contributed by atoms with Crippen molar-refractivity contribution in [2.24, 2.45) is 0 Å². The van der Waals surface area contributed by atoms with E-state index >= 15 is 0 Å². The highest BCUT2D eigenvalue weighted by atomic mass is 16.5. The van der Waals surface area contributed by atoms with Gasteiger partial charge >= 0.3 is 0 Å². The fraction of sp³-hybridized carbons (Fsp3) is 0.400. The van der Waals surface area contributed by atoms with Crippen LogP contribution in [0, 0.1) is 6.92 Å². The number of phenolic OH excluding ortho intramolecular Hbond substituents is 1. The van der Waals surface area contributed by atoms with E-state index in [-0.39, 0.29) is 0 Å². The molecule has 0 radical (unpaired) electrons. The molecule has 0 amide bonds. The van der Waals surface area contributed by atoms with E-state index in [0.29, 0.717) is 18.9 Å². The molecule has 0 bridgehead atoms. The molecule has 0 aromatic heterocycles. The molecule has 4 heteroatoms. The van der Waals surface area contributed by atoms with Crippen molar-refractivity contribution in [3.05, 3.63) is 59.2 Å². The number of aliphatic hydroxyl groups is 1. The fourth-order valence-electron chi connectivity index (χ4n) is 3.19. The first-order valence-electron chi connectivity index (χ1n) is 8.51. The van der Waals surface area contributed by atoms with Crippen molar-refractivity contribution in [1.82, 2.24) is 4.90 Å². The van der Waals surface area contributed by atoms with Gasteiger partial charge in [0, 0.05) is 19.6 Å². The third kappa shape index (κ3) is 4.49. The first kappa shape index (κ1) is 16.8. The second-order valence-electron chi connectivity index (χ2n) is 6.53. The summed E-state index contributed by atoms with van der Waals surface area (Å²) in [6, 6.07) is 13.5. The summed E-state index contributed by atoms with van der Waals surface area (Å²) in [7, 11) is 0. The average Bonchev–Trinajstić information content (AvgIpc) is 2.75. The average molecular weight is 327 g/mol. The van der Waals surface area contributed by atoms with Crippen molar-refractivity contribution >= 4 is 0 Å². The van der Waals surface area contributed by atoms with E-state index in [2.05, 4.69) is 4.90 Å². The van der Waals surface area contributed by atoms with E-state index in [1.54, 1.807) is 6.07 Å². The number of aryl methyl sites for hydroxylation is 1. The maximum atomic E-state index is 10.3. The number of fused-ring (bicyclic) bond motifs is 1. The predicted molar refractivity (Wildman–Crippen MR) is 94.6 cm³/mol. The number of ether oxygens (including phenoxy) is 1. The molecular formula is C20H25NO3. The summed E-state index contributed by atoms with van der Waals surface area (Å²) in [6.07, 6.45) is 1.33. The van der Waals surface area contributed by atoms with E-state index < -0.39 is 6.10 Å². The molecule has 1 atom stereocenters. The summed E-state index contributed by atoms with van der Waals surface area (Å²) in [6.45, 7) is 4.73. The van der Waals surface area contributed by atoms with Crippen LogP contribution in [0.1, 0.15) is 16.7 Å². The lowest BCUT2D eigenvalue weighted by Crippen LogP contribution is -2.37. The molecule has 2 aromatic rings. The smallest absolute Gasteiger partial charge is 0.119 e. The van der Waals surface area contributed by atoms with Crippen LogP contribution in [0.15, 0.2) is 42.5 Å². The summed E-state index contributed by atoms with van der Waals surface area (Å²) < 4.78 is 5.69. The predicted octanol–water partition coefficient (Wildman–Crippen LogP) is 2.54. The van der Waals surface area contributed by atoms with Crippen LogP contribution < -0.4 is 4.74 Å². The van der Waals surface area contributed by atoms with Gasteiger partial charge in [0.1, 0.15) is 24.2 Å². The summed E-state index contributed by atoms with van der Waals surface area (Å²) in [5, 5.41) is 19.9. The molecule has 0 spiro atoms.